The van der Waals surface area contributed by atoms with E-state index in [0.717, 1.165) is 25.2 Å². The predicted molar refractivity (Wildman–Crippen MR) is 109 cm³/mol. The molecule has 0 radical (unpaired) electrons. The van der Waals surface area contributed by atoms with E-state index in [1.54, 1.807) is 24.3 Å². The van der Waals surface area contributed by atoms with Crippen LogP contribution in [0.25, 0.3) is 0 Å². The number of thiophene rings is 1. The van der Waals surface area contributed by atoms with Crippen LogP contribution in [0.2, 0.25) is 0 Å². The molecule has 29 heavy (non-hydrogen) atoms. The van der Waals surface area contributed by atoms with Crippen molar-refractivity contribution in [2.45, 2.75) is 26.0 Å². The monoisotopic (exact) mass is 409 g/mol. The summed E-state index contributed by atoms with van der Waals surface area (Å²) in [6, 6.07) is 13.3. The summed E-state index contributed by atoms with van der Waals surface area (Å²) in [6.07, 6.45) is -0.465. The van der Waals surface area contributed by atoms with Crippen molar-refractivity contribution in [2.75, 3.05) is 26.2 Å². The molecule has 150 valence electrons. The van der Waals surface area contributed by atoms with Crippen LogP contribution < -0.4 is 0 Å². The van der Waals surface area contributed by atoms with Gasteiger partial charge in [-0.05, 0) is 36.8 Å². The van der Waals surface area contributed by atoms with Gasteiger partial charge in [0.1, 0.15) is 6.10 Å². The number of nitriles is 1. The highest BCUT2D eigenvalue weighted by Crippen LogP contribution is 2.37. The third-order valence-electron chi connectivity index (χ3n) is 5.56. The number of hydrogen-bond acceptors (Lipinski definition) is 6. The van der Waals surface area contributed by atoms with Crippen LogP contribution >= 0.6 is 11.3 Å². The Bertz CT molecular complexity index is 939. The fourth-order valence-corrected chi connectivity index (χ4v) is 4.91. The summed E-state index contributed by atoms with van der Waals surface area (Å²) in [6.45, 7) is 6.00. The van der Waals surface area contributed by atoms with Crippen LogP contribution in [0.15, 0.2) is 36.4 Å². The number of hydrogen-bond donors (Lipinski definition) is 0. The highest BCUT2D eigenvalue weighted by molar-refractivity contribution is 7.11. The first-order chi connectivity index (χ1) is 14.0. The van der Waals surface area contributed by atoms with Gasteiger partial charge in [0, 0.05) is 42.5 Å². The van der Waals surface area contributed by atoms with Gasteiger partial charge in [-0.25, -0.2) is 0 Å². The fraction of sp³-hybridized carbons (Fsp3) is 0.409. The van der Waals surface area contributed by atoms with E-state index in [9.17, 15) is 9.59 Å². The Kier molecular flexibility index (Phi) is 5.65. The van der Waals surface area contributed by atoms with Crippen molar-refractivity contribution in [3.63, 3.8) is 0 Å². The van der Waals surface area contributed by atoms with Crippen molar-refractivity contribution in [1.29, 1.82) is 5.26 Å². The summed E-state index contributed by atoms with van der Waals surface area (Å²) in [7, 11) is 0. The molecular weight excluding hydrogens is 386 g/mol. The maximum absolute atomic E-state index is 13.1. The van der Waals surface area contributed by atoms with Gasteiger partial charge in [-0.15, -0.1) is 11.3 Å². The smallest absolute Gasteiger partial charge is 0.307 e. The second kappa shape index (κ2) is 8.36. The first-order valence-corrected chi connectivity index (χ1v) is 10.6. The Morgan fingerprint density at radius 3 is 2.52 bits per heavy atom. The second-order valence-corrected chi connectivity index (χ2v) is 8.94. The van der Waals surface area contributed by atoms with Gasteiger partial charge in [-0.1, -0.05) is 12.1 Å². The van der Waals surface area contributed by atoms with Gasteiger partial charge in [-0.3, -0.25) is 14.5 Å². The van der Waals surface area contributed by atoms with Crippen LogP contribution in [0.5, 0.6) is 0 Å². The molecule has 2 aliphatic rings. The van der Waals surface area contributed by atoms with Crippen molar-refractivity contribution >= 4 is 23.2 Å². The number of piperazine rings is 1. The molecule has 0 saturated carbocycles. The lowest BCUT2D eigenvalue weighted by Gasteiger charge is -2.36. The van der Waals surface area contributed by atoms with E-state index < -0.39 is 12.0 Å². The molecule has 0 N–H and O–H groups in total. The molecule has 6 nitrogen and oxygen atoms in total. The highest BCUT2D eigenvalue weighted by Gasteiger charge is 2.43. The SMILES string of the molecule is Cc1ccc(CN2CCN(C(=O)[C@@H]3CC(=O)O[C@H]3c3ccc(C#N)cc3)CC2)s1. The lowest BCUT2D eigenvalue weighted by Crippen LogP contribution is -2.50. The highest BCUT2D eigenvalue weighted by atomic mass is 32.1. The predicted octanol–water partition coefficient (Wildman–Crippen LogP) is 2.88. The molecule has 3 heterocycles. The molecule has 1 aromatic heterocycles. The Morgan fingerprint density at radius 2 is 1.90 bits per heavy atom. The zero-order valence-electron chi connectivity index (χ0n) is 16.3. The summed E-state index contributed by atoms with van der Waals surface area (Å²) in [4.78, 5) is 32.0. The molecule has 0 spiro atoms. The van der Waals surface area contributed by atoms with E-state index in [1.807, 2.05) is 16.2 Å². The van der Waals surface area contributed by atoms with Crippen molar-refractivity contribution in [3.05, 3.63) is 57.3 Å². The third kappa shape index (κ3) is 4.34. The first-order valence-electron chi connectivity index (χ1n) is 9.79. The number of benzene rings is 1. The van der Waals surface area contributed by atoms with Gasteiger partial charge in [0.05, 0.1) is 24.0 Å². The van der Waals surface area contributed by atoms with E-state index in [0.29, 0.717) is 18.7 Å². The molecule has 1 amide bonds. The van der Waals surface area contributed by atoms with Crippen LogP contribution in [0.3, 0.4) is 0 Å². The van der Waals surface area contributed by atoms with Crippen LogP contribution in [-0.4, -0.2) is 47.9 Å². The minimum Gasteiger partial charge on any atom is -0.457 e. The van der Waals surface area contributed by atoms with Crippen LogP contribution in [0, 0.1) is 24.2 Å². The lowest BCUT2D eigenvalue weighted by atomic mass is 9.93. The summed E-state index contributed by atoms with van der Waals surface area (Å²) in [5.74, 6) is -0.858. The molecular formula is C22H23N3O3S. The number of ether oxygens (including phenoxy) is 1. The maximum Gasteiger partial charge on any atom is 0.307 e. The summed E-state index contributed by atoms with van der Waals surface area (Å²) in [5.41, 5.74) is 1.30. The van der Waals surface area contributed by atoms with Gasteiger partial charge in [0.25, 0.3) is 0 Å². The quantitative estimate of drug-likeness (QED) is 0.726. The number of cyclic esters (lactones) is 1. The number of aryl methyl sites for hydroxylation is 1. The summed E-state index contributed by atoms with van der Waals surface area (Å²) in [5, 5.41) is 8.96. The van der Waals surface area contributed by atoms with Crippen LogP contribution in [0.4, 0.5) is 0 Å². The van der Waals surface area contributed by atoms with Crippen LogP contribution in [-0.2, 0) is 20.9 Å². The van der Waals surface area contributed by atoms with E-state index >= 15 is 0 Å². The largest absolute Gasteiger partial charge is 0.457 e. The fourth-order valence-electron chi connectivity index (χ4n) is 3.97. The number of nitrogens with zero attached hydrogens (tertiary/aromatic N) is 3. The van der Waals surface area contributed by atoms with Crippen LogP contribution in [0.1, 0.15) is 33.4 Å². The van der Waals surface area contributed by atoms with Crippen molar-refractivity contribution in [3.8, 4) is 6.07 Å². The molecule has 2 atom stereocenters. The Labute approximate surface area is 174 Å². The number of carbonyl (C=O) groups is 2. The molecule has 0 bridgehead atoms. The molecule has 2 aromatic rings. The Morgan fingerprint density at radius 1 is 1.17 bits per heavy atom. The average Bonchev–Trinajstić information content (AvgIpc) is 3.33. The standard InChI is InChI=1S/C22H23N3O3S/c1-15-2-7-18(29-15)14-24-8-10-25(11-9-24)22(27)19-12-20(26)28-21(19)17-5-3-16(13-23)4-6-17/h2-7,19,21H,8-12,14H2,1H3/t19-,21+/m1/s1. The zero-order chi connectivity index (χ0) is 20.4. The third-order valence-corrected chi connectivity index (χ3v) is 6.54. The van der Waals surface area contributed by atoms with Gasteiger partial charge in [-0.2, -0.15) is 5.26 Å². The van der Waals surface area contributed by atoms with E-state index in [1.165, 1.54) is 9.75 Å². The normalized spacial score (nSPS) is 22.3. The van der Waals surface area contributed by atoms with Crippen molar-refractivity contribution in [2.24, 2.45) is 5.92 Å². The van der Waals surface area contributed by atoms with E-state index in [-0.39, 0.29) is 18.3 Å². The molecule has 1 aromatic carbocycles. The molecule has 4 rings (SSSR count). The molecule has 2 saturated heterocycles. The van der Waals surface area contributed by atoms with Crippen molar-refractivity contribution < 1.29 is 14.3 Å². The molecule has 2 aliphatic heterocycles. The minimum absolute atomic E-state index is 0.0168. The molecule has 0 unspecified atom stereocenters. The van der Waals surface area contributed by atoms with Gasteiger partial charge < -0.3 is 9.64 Å². The average molecular weight is 410 g/mol. The summed E-state index contributed by atoms with van der Waals surface area (Å²) >= 11 is 1.81. The minimum atomic E-state index is -0.574. The van der Waals surface area contributed by atoms with E-state index in [2.05, 4.69) is 30.0 Å². The number of amides is 1. The second-order valence-electron chi connectivity index (χ2n) is 7.57. The van der Waals surface area contributed by atoms with Gasteiger partial charge >= 0.3 is 5.97 Å². The zero-order valence-corrected chi connectivity index (χ0v) is 17.2. The Hall–Kier alpha value is -2.69. The Balaban J connectivity index is 1.39. The number of esters is 1. The van der Waals surface area contributed by atoms with Gasteiger partial charge in [0.2, 0.25) is 5.91 Å². The first kappa shape index (κ1) is 19.6. The molecule has 2 fully saturated rings. The molecule has 7 heteroatoms. The van der Waals surface area contributed by atoms with Gasteiger partial charge in [0.15, 0.2) is 0 Å². The number of carbonyl (C=O) groups excluding carboxylic acids is 2. The maximum atomic E-state index is 13.1. The molecule has 0 aliphatic carbocycles. The number of rotatable bonds is 4. The lowest BCUT2D eigenvalue weighted by molar-refractivity contribution is -0.142. The topological polar surface area (TPSA) is 73.6 Å². The summed E-state index contributed by atoms with van der Waals surface area (Å²) < 4.78 is 5.47. The van der Waals surface area contributed by atoms with E-state index in [4.69, 9.17) is 10.00 Å². The van der Waals surface area contributed by atoms with Crippen molar-refractivity contribution in [1.82, 2.24) is 9.80 Å².